The third-order valence-electron chi connectivity index (χ3n) is 2.73. The van der Waals surface area contributed by atoms with Gasteiger partial charge in [-0.1, -0.05) is 6.07 Å². The SMILES string of the molecule is CN(N)C(=O)CCCc1ccc2oc(=O)[nH]c2c1. The molecule has 1 aromatic carbocycles. The van der Waals surface area contributed by atoms with Gasteiger partial charge in [-0.25, -0.2) is 10.6 Å². The van der Waals surface area contributed by atoms with Crippen LogP contribution in [-0.4, -0.2) is 22.9 Å². The smallest absolute Gasteiger partial charge is 0.408 e. The van der Waals surface area contributed by atoms with Gasteiger partial charge >= 0.3 is 5.76 Å². The minimum atomic E-state index is -0.456. The van der Waals surface area contributed by atoms with Crippen molar-refractivity contribution in [1.82, 2.24) is 9.99 Å². The molecule has 18 heavy (non-hydrogen) atoms. The van der Waals surface area contributed by atoms with Crippen LogP contribution in [0.3, 0.4) is 0 Å². The Kier molecular flexibility index (Phi) is 3.47. The van der Waals surface area contributed by atoms with E-state index in [-0.39, 0.29) is 5.91 Å². The van der Waals surface area contributed by atoms with E-state index in [0.717, 1.165) is 17.0 Å². The Morgan fingerprint density at radius 3 is 3.00 bits per heavy atom. The molecule has 0 bridgehead atoms. The highest BCUT2D eigenvalue weighted by atomic mass is 16.4. The number of hydrogen-bond acceptors (Lipinski definition) is 4. The van der Waals surface area contributed by atoms with E-state index in [1.807, 2.05) is 12.1 Å². The first-order chi connectivity index (χ1) is 8.56. The lowest BCUT2D eigenvalue weighted by Crippen LogP contribution is -2.32. The molecule has 6 nitrogen and oxygen atoms in total. The van der Waals surface area contributed by atoms with Crippen molar-refractivity contribution in [1.29, 1.82) is 0 Å². The van der Waals surface area contributed by atoms with Crippen LogP contribution in [0.15, 0.2) is 27.4 Å². The highest BCUT2D eigenvalue weighted by Crippen LogP contribution is 2.14. The average Bonchev–Trinajstić information content (AvgIpc) is 2.68. The number of rotatable bonds is 4. The predicted octanol–water partition coefficient (Wildman–Crippen LogP) is 0.776. The quantitative estimate of drug-likeness (QED) is 0.475. The Labute approximate surface area is 103 Å². The number of nitrogens with zero attached hydrogens (tertiary/aromatic N) is 1. The number of aromatic nitrogens is 1. The highest BCUT2D eigenvalue weighted by Gasteiger charge is 2.05. The first-order valence-corrected chi connectivity index (χ1v) is 5.69. The number of carbonyl (C=O) groups excluding carboxylic acids is 1. The zero-order chi connectivity index (χ0) is 13.1. The van der Waals surface area contributed by atoms with E-state index in [1.165, 1.54) is 7.05 Å². The van der Waals surface area contributed by atoms with E-state index in [0.29, 0.717) is 23.9 Å². The second kappa shape index (κ2) is 5.05. The van der Waals surface area contributed by atoms with Gasteiger partial charge in [0.1, 0.15) is 0 Å². The number of hydrazine groups is 1. The molecular weight excluding hydrogens is 234 g/mol. The summed E-state index contributed by atoms with van der Waals surface area (Å²) in [6.07, 6.45) is 1.88. The zero-order valence-electron chi connectivity index (χ0n) is 10.1. The van der Waals surface area contributed by atoms with Gasteiger partial charge in [0.25, 0.3) is 0 Å². The number of aryl methyl sites for hydroxylation is 1. The largest absolute Gasteiger partial charge is 0.417 e. The van der Waals surface area contributed by atoms with Crippen LogP contribution >= 0.6 is 0 Å². The summed E-state index contributed by atoms with van der Waals surface area (Å²) in [5.74, 6) is 4.78. The van der Waals surface area contributed by atoms with Crippen molar-refractivity contribution >= 4 is 17.0 Å². The predicted molar refractivity (Wildman–Crippen MR) is 66.7 cm³/mol. The number of amides is 1. The zero-order valence-corrected chi connectivity index (χ0v) is 10.1. The lowest BCUT2D eigenvalue weighted by atomic mass is 10.1. The Balaban J connectivity index is 1.99. The van der Waals surface area contributed by atoms with E-state index in [9.17, 15) is 9.59 Å². The summed E-state index contributed by atoms with van der Waals surface area (Å²) in [5, 5.41) is 1.09. The molecule has 96 valence electrons. The van der Waals surface area contributed by atoms with Crippen LogP contribution in [0.4, 0.5) is 0 Å². The van der Waals surface area contributed by atoms with Crippen LogP contribution < -0.4 is 11.6 Å². The first-order valence-electron chi connectivity index (χ1n) is 5.69. The molecule has 1 aromatic heterocycles. The number of aromatic amines is 1. The number of hydrogen-bond donors (Lipinski definition) is 2. The molecule has 0 aliphatic carbocycles. The lowest BCUT2D eigenvalue weighted by Gasteiger charge is -2.09. The maximum Gasteiger partial charge on any atom is 0.417 e. The fourth-order valence-corrected chi connectivity index (χ4v) is 1.77. The number of carbonyl (C=O) groups is 1. The van der Waals surface area contributed by atoms with Gasteiger partial charge < -0.3 is 4.42 Å². The van der Waals surface area contributed by atoms with E-state index in [4.69, 9.17) is 10.3 Å². The summed E-state index contributed by atoms with van der Waals surface area (Å²) < 4.78 is 4.91. The molecule has 6 heteroatoms. The molecule has 0 radical (unpaired) electrons. The number of oxazole rings is 1. The average molecular weight is 249 g/mol. The Morgan fingerprint density at radius 2 is 2.28 bits per heavy atom. The molecule has 3 N–H and O–H groups in total. The molecule has 2 aromatic rings. The molecule has 2 rings (SSSR count). The number of H-pyrrole nitrogens is 1. The molecule has 0 saturated heterocycles. The van der Waals surface area contributed by atoms with Gasteiger partial charge in [-0.05, 0) is 30.5 Å². The first kappa shape index (κ1) is 12.4. The molecule has 0 atom stereocenters. The number of fused-ring (bicyclic) bond motifs is 1. The van der Waals surface area contributed by atoms with Gasteiger partial charge in [0.15, 0.2) is 5.58 Å². The lowest BCUT2D eigenvalue weighted by molar-refractivity contribution is -0.130. The third-order valence-corrected chi connectivity index (χ3v) is 2.73. The summed E-state index contributed by atoms with van der Waals surface area (Å²) in [5.41, 5.74) is 2.27. The van der Waals surface area contributed by atoms with Crippen LogP contribution in [0, 0.1) is 0 Å². The third kappa shape index (κ3) is 2.78. The van der Waals surface area contributed by atoms with Crippen molar-refractivity contribution in [3.63, 3.8) is 0 Å². The van der Waals surface area contributed by atoms with Crippen molar-refractivity contribution < 1.29 is 9.21 Å². The fourth-order valence-electron chi connectivity index (χ4n) is 1.77. The molecule has 0 aliphatic rings. The van der Waals surface area contributed by atoms with Gasteiger partial charge in [0.05, 0.1) is 5.52 Å². The molecule has 0 aliphatic heterocycles. The molecule has 0 fully saturated rings. The summed E-state index contributed by atoms with van der Waals surface area (Å²) >= 11 is 0. The molecule has 1 amide bonds. The van der Waals surface area contributed by atoms with Crippen molar-refractivity contribution in [3.05, 3.63) is 34.3 Å². The van der Waals surface area contributed by atoms with E-state index < -0.39 is 5.76 Å². The Bertz CT molecular complexity index is 612. The molecular formula is C12H15N3O3. The second-order valence-corrected chi connectivity index (χ2v) is 4.20. The summed E-state index contributed by atoms with van der Waals surface area (Å²) in [7, 11) is 1.53. The Hall–Kier alpha value is -2.08. The van der Waals surface area contributed by atoms with Gasteiger partial charge in [-0.15, -0.1) is 0 Å². The number of benzene rings is 1. The summed E-state index contributed by atoms with van der Waals surface area (Å²) in [4.78, 5) is 24.9. The molecule has 0 saturated carbocycles. The van der Waals surface area contributed by atoms with Crippen molar-refractivity contribution in [2.45, 2.75) is 19.3 Å². The van der Waals surface area contributed by atoms with Gasteiger partial charge in [0.2, 0.25) is 5.91 Å². The standard InChI is InChI=1S/C12H15N3O3/c1-15(13)11(16)4-2-3-8-5-6-10-9(7-8)14-12(17)18-10/h5-7H,2-4,13H2,1H3,(H,14,17). The second-order valence-electron chi connectivity index (χ2n) is 4.20. The van der Waals surface area contributed by atoms with Crippen LogP contribution in [-0.2, 0) is 11.2 Å². The maximum atomic E-state index is 11.3. The van der Waals surface area contributed by atoms with E-state index in [1.54, 1.807) is 6.07 Å². The normalized spacial score (nSPS) is 10.8. The van der Waals surface area contributed by atoms with Crippen LogP contribution in [0.1, 0.15) is 18.4 Å². The molecule has 0 unspecified atom stereocenters. The maximum absolute atomic E-state index is 11.3. The van der Waals surface area contributed by atoms with Gasteiger partial charge in [0, 0.05) is 13.5 Å². The minimum Gasteiger partial charge on any atom is -0.408 e. The minimum absolute atomic E-state index is 0.0900. The fraction of sp³-hybridized carbons (Fsp3) is 0.333. The van der Waals surface area contributed by atoms with Crippen LogP contribution in [0.5, 0.6) is 0 Å². The summed E-state index contributed by atoms with van der Waals surface area (Å²) in [6, 6.07) is 5.49. The Morgan fingerprint density at radius 1 is 1.50 bits per heavy atom. The van der Waals surface area contributed by atoms with Crippen LogP contribution in [0.2, 0.25) is 0 Å². The molecule has 1 heterocycles. The summed E-state index contributed by atoms with van der Waals surface area (Å²) in [6.45, 7) is 0. The van der Waals surface area contributed by atoms with Crippen LogP contribution in [0.25, 0.3) is 11.1 Å². The van der Waals surface area contributed by atoms with E-state index in [2.05, 4.69) is 4.98 Å². The topological polar surface area (TPSA) is 92.3 Å². The number of nitrogens with two attached hydrogens (primary N) is 1. The molecule has 0 spiro atoms. The van der Waals surface area contributed by atoms with Crippen molar-refractivity contribution in [2.75, 3.05) is 7.05 Å². The monoisotopic (exact) mass is 249 g/mol. The van der Waals surface area contributed by atoms with Crippen molar-refractivity contribution in [3.8, 4) is 0 Å². The van der Waals surface area contributed by atoms with Gasteiger partial charge in [-0.3, -0.25) is 14.8 Å². The van der Waals surface area contributed by atoms with E-state index >= 15 is 0 Å². The van der Waals surface area contributed by atoms with Gasteiger partial charge in [-0.2, -0.15) is 0 Å². The highest BCUT2D eigenvalue weighted by molar-refractivity contribution is 5.75. The number of nitrogens with one attached hydrogen (secondary N) is 1. The van der Waals surface area contributed by atoms with Crippen molar-refractivity contribution in [2.24, 2.45) is 5.84 Å².